The second-order valence-corrected chi connectivity index (χ2v) is 18.9. The lowest BCUT2D eigenvalue weighted by molar-refractivity contribution is 1.07. The van der Waals surface area contributed by atoms with Crippen LogP contribution in [0.1, 0.15) is 0 Å². The highest BCUT2D eigenvalue weighted by Crippen LogP contribution is 2.36. The maximum absolute atomic E-state index is 5.16. The highest BCUT2D eigenvalue weighted by molar-refractivity contribution is 7.25. The first-order valence-electron chi connectivity index (χ1n) is 18.9. The van der Waals surface area contributed by atoms with Crippen molar-refractivity contribution in [3.05, 3.63) is 212 Å². The fourth-order valence-corrected chi connectivity index (χ4v) is 14.0. The van der Waals surface area contributed by atoms with Crippen LogP contribution in [-0.2, 0) is 0 Å². The summed E-state index contributed by atoms with van der Waals surface area (Å²) in [5.74, 6) is 1.95. The monoisotopic (exact) mass is 749 g/mol. The number of rotatable bonds is 8. The normalized spacial score (nSPS) is 11.6. The summed E-state index contributed by atoms with van der Waals surface area (Å²) in [4.78, 5) is 15.3. The first-order chi connectivity index (χ1) is 27.7. The second kappa shape index (κ2) is 14.5. The van der Waals surface area contributed by atoms with Gasteiger partial charge in [-0.3, -0.25) is 0 Å². The van der Waals surface area contributed by atoms with Crippen molar-refractivity contribution in [2.75, 3.05) is 0 Å². The van der Waals surface area contributed by atoms with E-state index >= 15 is 0 Å². The van der Waals surface area contributed by atoms with E-state index in [0.29, 0.717) is 17.5 Å². The van der Waals surface area contributed by atoms with Crippen molar-refractivity contribution in [3.63, 3.8) is 0 Å². The molecule has 0 saturated carbocycles. The molecule has 56 heavy (non-hydrogen) atoms. The lowest BCUT2D eigenvalue weighted by Crippen LogP contribution is -2.74. The molecule has 2 heterocycles. The molecule has 10 aromatic rings. The molecule has 0 aliphatic carbocycles. The van der Waals surface area contributed by atoms with Crippen molar-refractivity contribution in [3.8, 4) is 45.3 Å². The minimum atomic E-state index is -2.69. The maximum Gasteiger partial charge on any atom is 0.179 e. The van der Waals surface area contributed by atoms with E-state index in [9.17, 15) is 0 Å². The summed E-state index contributed by atoms with van der Waals surface area (Å²) >= 11 is 1.80. The van der Waals surface area contributed by atoms with Crippen LogP contribution in [0.15, 0.2) is 212 Å². The highest BCUT2D eigenvalue weighted by Gasteiger charge is 2.41. The fourth-order valence-electron chi connectivity index (χ4n) is 8.05. The Labute approximate surface area is 331 Å². The van der Waals surface area contributed by atoms with Gasteiger partial charge >= 0.3 is 0 Å². The molecular formula is C51H35N3SSi. The van der Waals surface area contributed by atoms with Crippen LogP contribution in [0.5, 0.6) is 0 Å². The van der Waals surface area contributed by atoms with Gasteiger partial charge in [-0.15, -0.1) is 11.3 Å². The van der Waals surface area contributed by atoms with Gasteiger partial charge in [0.15, 0.2) is 25.5 Å². The SMILES string of the molecule is c1ccc(-c2nc(-c3cccc(-c4cccc([Si](c5ccccc5)(c5ccccc5)c5ccccc5)c4)c3)nc(-c3ccc4c(c3)sc3ccccc34)n2)cc1. The Hall–Kier alpha value is -6.79. The van der Waals surface area contributed by atoms with Gasteiger partial charge in [0, 0.05) is 36.9 Å². The topological polar surface area (TPSA) is 38.7 Å². The molecule has 10 rings (SSSR count). The quantitative estimate of drug-likeness (QED) is 0.115. The molecule has 0 amide bonds. The molecule has 0 fully saturated rings. The van der Waals surface area contributed by atoms with Crippen molar-refractivity contribution < 1.29 is 0 Å². The van der Waals surface area contributed by atoms with Gasteiger partial charge in [-0.05, 0) is 50.1 Å². The summed E-state index contributed by atoms with van der Waals surface area (Å²) in [6, 6.07) is 76.3. The van der Waals surface area contributed by atoms with E-state index in [-0.39, 0.29) is 0 Å². The fraction of sp³-hybridized carbons (Fsp3) is 0. The second-order valence-electron chi connectivity index (χ2n) is 14.0. The Morgan fingerprint density at radius 1 is 0.286 bits per heavy atom. The highest BCUT2D eigenvalue weighted by atomic mass is 32.1. The number of benzene rings is 8. The first kappa shape index (κ1) is 33.8. The Bertz CT molecular complexity index is 2870. The summed E-state index contributed by atoms with van der Waals surface area (Å²) in [5, 5.41) is 7.91. The number of nitrogens with zero attached hydrogens (tertiary/aromatic N) is 3. The largest absolute Gasteiger partial charge is 0.208 e. The summed E-state index contributed by atoms with van der Waals surface area (Å²) < 4.78 is 2.49. The lowest BCUT2D eigenvalue weighted by atomic mass is 10.0. The summed E-state index contributed by atoms with van der Waals surface area (Å²) in [5.41, 5.74) is 5.12. The van der Waals surface area contributed by atoms with E-state index < -0.39 is 8.07 Å². The Kier molecular flexibility index (Phi) is 8.71. The number of hydrogen-bond acceptors (Lipinski definition) is 4. The van der Waals surface area contributed by atoms with E-state index in [1.807, 2.05) is 18.2 Å². The van der Waals surface area contributed by atoms with Gasteiger partial charge in [0.1, 0.15) is 0 Å². The van der Waals surface area contributed by atoms with Gasteiger partial charge in [0.2, 0.25) is 0 Å². The molecular weight excluding hydrogens is 715 g/mol. The molecule has 0 saturated heterocycles. The molecule has 2 aromatic heterocycles. The minimum absolute atomic E-state index is 0.643. The summed E-state index contributed by atoms with van der Waals surface area (Å²) in [6.07, 6.45) is 0. The third-order valence-corrected chi connectivity index (χ3v) is 16.6. The first-order valence-corrected chi connectivity index (χ1v) is 21.7. The van der Waals surface area contributed by atoms with E-state index in [1.54, 1.807) is 11.3 Å². The van der Waals surface area contributed by atoms with Crippen molar-refractivity contribution in [2.45, 2.75) is 0 Å². The predicted molar refractivity (Wildman–Crippen MR) is 238 cm³/mol. The standard InChI is InChI=1S/C51H35N3SSi/c1-5-17-36(18-6-1)49-52-50(54-51(53-49)40-31-32-46-45-29-13-14-30-47(45)55-48(46)35-40)39-21-15-19-37(33-39)38-20-16-28-44(34-38)56(41-22-7-2-8-23-41,42-24-9-3-10-25-42)43-26-11-4-12-27-43/h1-35H. The van der Waals surface area contributed by atoms with Crippen LogP contribution in [0.25, 0.3) is 65.5 Å². The molecule has 3 nitrogen and oxygen atoms in total. The van der Waals surface area contributed by atoms with Crippen molar-refractivity contribution in [1.82, 2.24) is 15.0 Å². The Morgan fingerprint density at radius 2 is 0.714 bits per heavy atom. The zero-order valence-electron chi connectivity index (χ0n) is 30.5. The van der Waals surface area contributed by atoms with Gasteiger partial charge in [-0.25, -0.2) is 15.0 Å². The molecule has 0 unspecified atom stereocenters. The van der Waals surface area contributed by atoms with Crippen LogP contribution >= 0.6 is 11.3 Å². The van der Waals surface area contributed by atoms with Crippen LogP contribution in [0.2, 0.25) is 0 Å². The van der Waals surface area contributed by atoms with Crippen LogP contribution < -0.4 is 20.7 Å². The van der Waals surface area contributed by atoms with E-state index in [0.717, 1.165) is 27.8 Å². The smallest absolute Gasteiger partial charge is 0.179 e. The molecule has 0 aliphatic rings. The average Bonchev–Trinajstić information content (AvgIpc) is 3.66. The van der Waals surface area contributed by atoms with Crippen molar-refractivity contribution in [1.29, 1.82) is 0 Å². The molecule has 5 heteroatoms. The van der Waals surface area contributed by atoms with E-state index in [4.69, 9.17) is 15.0 Å². The van der Waals surface area contributed by atoms with Gasteiger partial charge < -0.3 is 0 Å². The molecule has 0 aliphatic heterocycles. The average molecular weight is 750 g/mol. The summed E-state index contributed by atoms with van der Waals surface area (Å²) in [7, 11) is -2.69. The minimum Gasteiger partial charge on any atom is -0.208 e. The molecule has 8 aromatic carbocycles. The molecule has 0 atom stereocenters. The number of fused-ring (bicyclic) bond motifs is 3. The molecule has 0 radical (unpaired) electrons. The van der Waals surface area contributed by atoms with Crippen molar-refractivity contribution >= 4 is 60.3 Å². The van der Waals surface area contributed by atoms with Crippen LogP contribution in [0, 0.1) is 0 Å². The van der Waals surface area contributed by atoms with Crippen LogP contribution in [0.3, 0.4) is 0 Å². The van der Waals surface area contributed by atoms with E-state index in [2.05, 4.69) is 194 Å². The predicted octanol–water partition coefficient (Wildman–Crippen LogP) is 10.3. The maximum atomic E-state index is 5.16. The number of hydrogen-bond donors (Lipinski definition) is 0. The Balaban J connectivity index is 1.11. The zero-order valence-corrected chi connectivity index (χ0v) is 32.3. The number of aromatic nitrogens is 3. The third-order valence-electron chi connectivity index (χ3n) is 10.7. The van der Waals surface area contributed by atoms with Gasteiger partial charge in [0.05, 0.1) is 0 Å². The molecule has 264 valence electrons. The molecule has 0 bridgehead atoms. The van der Waals surface area contributed by atoms with Crippen LogP contribution in [0.4, 0.5) is 0 Å². The van der Waals surface area contributed by atoms with Gasteiger partial charge in [-0.2, -0.15) is 0 Å². The van der Waals surface area contributed by atoms with E-state index in [1.165, 1.54) is 40.9 Å². The number of thiophene rings is 1. The molecule has 0 N–H and O–H groups in total. The van der Waals surface area contributed by atoms with Crippen LogP contribution in [-0.4, -0.2) is 23.0 Å². The van der Waals surface area contributed by atoms with Gasteiger partial charge in [-0.1, -0.05) is 194 Å². The Morgan fingerprint density at radius 3 is 1.34 bits per heavy atom. The van der Waals surface area contributed by atoms with Crippen molar-refractivity contribution in [2.24, 2.45) is 0 Å². The summed E-state index contributed by atoms with van der Waals surface area (Å²) in [6.45, 7) is 0. The van der Waals surface area contributed by atoms with Gasteiger partial charge in [0.25, 0.3) is 0 Å². The zero-order chi connectivity index (χ0) is 37.3. The third kappa shape index (κ3) is 6.04. The lowest BCUT2D eigenvalue weighted by Gasteiger charge is -2.34. The molecule has 0 spiro atoms.